The first-order chi connectivity index (χ1) is 9.11. The van der Waals surface area contributed by atoms with Crippen molar-refractivity contribution in [2.24, 2.45) is 0 Å². The number of nitrogens with one attached hydrogen (secondary N) is 2. The van der Waals surface area contributed by atoms with Crippen molar-refractivity contribution in [2.45, 2.75) is 25.7 Å². The minimum atomic E-state index is -0.437. The molecule has 0 bridgehead atoms. The molecule has 6 heteroatoms. The predicted octanol–water partition coefficient (Wildman–Crippen LogP) is 2.38. The molecule has 1 amide bonds. The van der Waals surface area contributed by atoms with E-state index in [0.29, 0.717) is 11.6 Å². The van der Waals surface area contributed by atoms with E-state index in [2.05, 4.69) is 20.5 Å². The minimum absolute atomic E-state index is 0.0869. The van der Waals surface area contributed by atoms with E-state index in [4.69, 9.17) is 0 Å². The second-order valence-electron chi connectivity index (χ2n) is 4.79. The van der Waals surface area contributed by atoms with Crippen LogP contribution in [0.15, 0.2) is 18.2 Å². The lowest BCUT2D eigenvalue weighted by molar-refractivity contribution is 0.101. The van der Waals surface area contributed by atoms with Gasteiger partial charge in [-0.15, -0.1) is 5.10 Å². The molecule has 0 saturated heterocycles. The molecular weight excluding hydrogens is 247 g/mol. The molecule has 5 nitrogen and oxygen atoms in total. The zero-order valence-corrected chi connectivity index (χ0v) is 10.4. The van der Waals surface area contributed by atoms with Crippen molar-refractivity contribution in [3.8, 4) is 0 Å². The van der Waals surface area contributed by atoms with Crippen molar-refractivity contribution < 1.29 is 9.18 Å². The highest BCUT2D eigenvalue weighted by atomic mass is 19.1. The van der Waals surface area contributed by atoms with Crippen LogP contribution in [0.25, 0.3) is 0 Å². The van der Waals surface area contributed by atoms with Crippen molar-refractivity contribution in [3.63, 3.8) is 0 Å². The van der Waals surface area contributed by atoms with Gasteiger partial charge < -0.3 is 5.32 Å². The second kappa shape index (κ2) is 4.46. The van der Waals surface area contributed by atoms with Crippen LogP contribution in [0.5, 0.6) is 0 Å². The molecule has 1 aromatic heterocycles. The number of aryl methyl sites for hydroxylation is 1. The molecule has 1 aliphatic carbocycles. The summed E-state index contributed by atoms with van der Waals surface area (Å²) in [5.41, 5.74) is 1.14. The number of hydrogen-bond donors (Lipinski definition) is 2. The maximum atomic E-state index is 13.2. The monoisotopic (exact) mass is 260 g/mol. The number of H-pyrrole nitrogens is 1. The summed E-state index contributed by atoms with van der Waals surface area (Å²) in [6, 6.07) is 4.35. The lowest BCUT2D eigenvalue weighted by atomic mass is 10.2. The molecule has 0 spiro atoms. The van der Waals surface area contributed by atoms with Gasteiger partial charge in [0, 0.05) is 11.6 Å². The van der Waals surface area contributed by atoms with Gasteiger partial charge in [-0.25, -0.2) is 9.37 Å². The van der Waals surface area contributed by atoms with Crippen LogP contribution in [0, 0.1) is 12.7 Å². The zero-order chi connectivity index (χ0) is 13.4. The number of hydrogen-bond acceptors (Lipinski definition) is 3. The van der Waals surface area contributed by atoms with E-state index in [1.54, 1.807) is 13.0 Å². The van der Waals surface area contributed by atoms with E-state index in [9.17, 15) is 9.18 Å². The Hall–Kier alpha value is -2.24. The number of amides is 1. The third-order valence-corrected chi connectivity index (χ3v) is 2.97. The Morgan fingerprint density at radius 3 is 2.89 bits per heavy atom. The van der Waals surface area contributed by atoms with Gasteiger partial charge in [0.2, 0.25) is 5.82 Å². The molecule has 19 heavy (non-hydrogen) atoms. The molecular formula is C13H13FN4O. The number of benzene rings is 1. The van der Waals surface area contributed by atoms with E-state index in [0.717, 1.165) is 24.2 Å². The number of nitrogens with zero attached hydrogens (tertiary/aromatic N) is 2. The van der Waals surface area contributed by atoms with Crippen molar-refractivity contribution >= 4 is 11.6 Å². The topological polar surface area (TPSA) is 70.7 Å². The van der Waals surface area contributed by atoms with Crippen LogP contribution < -0.4 is 5.32 Å². The van der Waals surface area contributed by atoms with Gasteiger partial charge in [-0.1, -0.05) is 0 Å². The summed E-state index contributed by atoms with van der Waals surface area (Å²) >= 11 is 0. The van der Waals surface area contributed by atoms with E-state index in [-0.39, 0.29) is 11.6 Å². The van der Waals surface area contributed by atoms with Crippen LogP contribution in [0.2, 0.25) is 0 Å². The van der Waals surface area contributed by atoms with Gasteiger partial charge in [-0.05, 0) is 43.5 Å². The molecule has 1 aromatic carbocycles. The lowest BCUT2D eigenvalue weighted by Gasteiger charge is -2.03. The lowest BCUT2D eigenvalue weighted by Crippen LogP contribution is -2.14. The molecule has 1 fully saturated rings. The normalized spacial score (nSPS) is 14.4. The number of carbonyl (C=O) groups is 1. The Labute approximate surface area is 109 Å². The van der Waals surface area contributed by atoms with Gasteiger partial charge in [0.25, 0.3) is 5.91 Å². The number of carbonyl (C=O) groups excluding carboxylic acids is 1. The summed E-state index contributed by atoms with van der Waals surface area (Å²) in [6.45, 7) is 1.76. The van der Waals surface area contributed by atoms with Crippen LogP contribution in [0.4, 0.5) is 10.1 Å². The SMILES string of the molecule is Cc1cc(F)cc(NC(=O)c2n[nH]c(C3CC3)n2)c1. The molecule has 2 N–H and O–H groups in total. The van der Waals surface area contributed by atoms with Gasteiger partial charge in [0.15, 0.2) is 0 Å². The third kappa shape index (κ3) is 2.62. The van der Waals surface area contributed by atoms with E-state index in [1.807, 2.05) is 0 Å². The molecule has 1 heterocycles. The summed E-state index contributed by atoms with van der Waals surface area (Å²) < 4.78 is 13.2. The summed E-state index contributed by atoms with van der Waals surface area (Å²) in [5.74, 6) is 0.423. The third-order valence-electron chi connectivity index (χ3n) is 2.97. The van der Waals surface area contributed by atoms with E-state index in [1.165, 1.54) is 12.1 Å². The molecule has 0 unspecified atom stereocenters. The quantitative estimate of drug-likeness (QED) is 0.890. The minimum Gasteiger partial charge on any atom is -0.319 e. The number of aromatic amines is 1. The molecule has 1 aliphatic rings. The highest BCUT2D eigenvalue weighted by Gasteiger charge is 2.28. The number of halogens is 1. The first kappa shape index (κ1) is 11.8. The number of anilines is 1. The van der Waals surface area contributed by atoms with Crippen molar-refractivity contribution in [1.29, 1.82) is 0 Å². The van der Waals surface area contributed by atoms with Gasteiger partial charge in [-0.2, -0.15) is 0 Å². The van der Waals surface area contributed by atoms with Crippen molar-refractivity contribution in [3.05, 3.63) is 41.2 Å². The first-order valence-corrected chi connectivity index (χ1v) is 6.12. The van der Waals surface area contributed by atoms with Crippen molar-refractivity contribution in [2.75, 3.05) is 5.32 Å². The largest absolute Gasteiger partial charge is 0.319 e. The molecule has 2 aromatic rings. The maximum Gasteiger partial charge on any atom is 0.295 e. The summed E-state index contributed by atoms with van der Waals surface area (Å²) in [4.78, 5) is 16.1. The Kier molecular flexibility index (Phi) is 2.77. The average molecular weight is 260 g/mol. The smallest absolute Gasteiger partial charge is 0.295 e. The van der Waals surface area contributed by atoms with E-state index < -0.39 is 5.91 Å². The highest BCUT2D eigenvalue weighted by Crippen LogP contribution is 2.37. The molecule has 1 saturated carbocycles. The molecule has 3 rings (SSSR count). The number of rotatable bonds is 3. The second-order valence-corrected chi connectivity index (χ2v) is 4.79. The average Bonchev–Trinajstić information content (AvgIpc) is 3.05. The standard InChI is InChI=1S/C13H13FN4O/c1-7-4-9(14)6-10(5-7)15-13(19)12-16-11(17-18-12)8-2-3-8/h4-6,8H,2-3H2,1H3,(H,15,19)(H,16,17,18). The van der Waals surface area contributed by atoms with Gasteiger partial charge in [-0.3, -0.25) is 9.89 Å². The Morgan fingerprint density at radius 1 is 1.42 bits per heavy atom. The molecule has 0 aliphatic heterocycles. The Balaban J connectivity index is 1.75. The maximum absolute atomic E-state index is 13.2. The molecule has 98 valence electrons. The summed E-state index contributed by atoms with van der Waals surface area (Å²) in [6.07, 6.45) is 2.17. The fourth-order valence-electron chi connectivity index (χ4n) is 1.91. The van der Waals surface area contributed by atoms with Crippen LogP contribution in [-0.4, -0.2) is 21.1 Å². The zero-order valence-electron chi connectivity index (χ0n) is 10.4. The fourth-order valence-corrected chi connectivity index (χ4v) is 1.91. The highest BCUT2D eigenvalue weighted by molar-refractivity contribution is 6.01. The van der Waals surface area contributed by atoms with Gasteiger partial charge >= 0.3 is 0 Å². The van der Waals surface area contributed by atoms with Gasteiger partial charge in [0.1, 0.15) is 11.6 Å². The van der Waals surface area contributed by atoms with Crippen LogP contribution in [0.1, 0.15) is 40.8 Å². The van der Waals surface area contributed by atoms with Crippen LogP contribution in [-0.2, 0) is 0 Å². The number of aromatic nitrogens is 3. The molecule has 0 atom stereocenters. The Morgan fingerprint density at radius 2 is 2.21 bits per heavy atom. The van der Waals surface area contributed by atoms with Crippen molar-refractivity contribution in [1.82, 2.24) is 15.2 Å². The fraction of sp³-hybridized carbons (Fsp3) is 0.308. The molecule has 0 radical (unpaired) electrons. The first-order valence-electron chi connectivity index (χ1n) is 6.12. The summed E-state index contributed by atoms with van der Waals surface area (Å²) in [5, 5.41) is 9.23. The predicted molar refractivity (Wildman–Crippen MR) is 67.4 cm³/mol. The van der Waals surface area contributed by atoms with E-state index >= 15 is 0 Å². The van der Waals surface area contributed by atoms with Crippen LogP contribution in [0.3, 0.4) is 0 Å². The van der Waals surface area contributed by atoms with Gasteiger partial charge in [0.05, 0.1) is 0 Å². The summed E-state index contributed by atoms with van der Waals surface area (Å²) in [7, 11) is 0. The Bertz CT molecular complexity index is 613. The van der Waals surface area contributed by atoms with Crippen LogP contribution >= 0.6 is 0 Å².